The maximum Gasteiger partial charge on any atom is 0.329 e. The first-order valence-electron chi connectivity index (χ1n) is 9.96. The number of alkyl halides is 2. The summed E-state index contributed by atoms with van der Waals surface area (Å²) in [7, 11) is 2.06. The minimum atomic E-state index is -2.82. The molecule has 4 heterocycles. The number of aromatic nitrogens is 5. The summed E-state index contributed by atoms with van der Waals surface area (Å²) < 4.78 is 33.9. The van der Waals surface area contributed by atoms with Crippen LogP contribution >= 0.6 is 0 Å². The van der Waals surface area contributed by atoms with Gasteiger partial charge in [-0.05, 0) is 44.3 Å². The second kappa shape index (κ2) is 7.69. The summed E-state index contributed by atoms with van der Waals surface area (Å²) in [4.78, 5) is 19.9. The molecule has 1 aliphatic rings. The molecule has 3 aromatic heterocycles. The van der Waals surface area contributed by atoms with Crippen molar-refractivity contribution in [1.29, 1.82) is 0 Å². The zero-order valence-corrected chi connectivity index (χ0v) is 16.8. The highest BCUT2D eigenvalue weighted by Crippen LogP contribution is 2.25. The van der Waals surface area contributed by atoms with E-state index < -0.39 is 12.3 Å². The maximum atomic E-state index is 13.3. The molecule has 5 rings (SSSR count). The Bertz CT molecular complexity index is 1280. The zero-order valence-electron chi connectivity index (χ0n) is 16.8. The first-order chi connectivity index (χ1) is 15.0. The van der Waals surface area contributed by atoms with Gasteiger partial charge in [-0.25, -0.2) is 4.79 Å². The molecule has 0 spiro atoms. The largest absolute Gasteiger partial charge is 0.415 e. The van der Waals surface area contributed by atoms with Crippen LogP contribution in [0.1, 0.15) is 30.5 Å². The van der Waals surface area contributed by atoms with Crippen molar-refractivity contribution in [2.45, 2.75) is 25.4 Å². The van der Waals surface area contributed by atoms with Crippen molar-refractivity contribution in [2.75, 3.05) is 20.1 Å². The van der Waals surface area contributed by atoms with Gasteiger partial charge in [-0.15, -0.1) is 10.2 Å². The van der Waals surface area contributed by atoms with Crippen LogP contribution in [0.4, 0.5) is 8.78 Å². The van der Waals surface area contributed by atoms with Gasteiger partial charge in [-0.3, -0.25) is 14.1 Å². The van der Waals surface area contributed by atoms with Crippen LogP contribution in [-0.2, 0) is 6.54 Å². The van der Waals surface area contributed by atoms with Crippen molar-refractivity contribution in [1.82, 2.24) is 29.2 Å². The predicted octanol–water partition coefficient (Wildman–Crippen LogP) is 3.11. The van der Waals surface area contributed by atoms with Gasteiger partial charge in [0.15, 0.2) is 0 Å². The van der Waals surface area contributed by atoms with Crippen molar-refractivity contribution in [3.05, 3.63) is 64.7 Å². The molecule has 1 aromatic carbocycles. The average Bonchev–Trinajstić information content (AvgIpc) is 3.48. The number of rotatable bonds is 5. The summed E-state index contributed by atoms with van der Waals surface area (Å²) >= 11 is 0. The molecule has 31 heavy (non-hydrogen) atoms. The number of halogens is 2. The van der Waals surface area contributed by atoms with Crippen LogP contribution in [0.2, 0.25) is 0 Å². The highest BCUT2D eigenvalue weighted by molar-refractivity contribution is 5.76. The molecular weight excluding hydrogens is 406 g/mol. The molecule has 0 radical (unpaired) electrons. The van der Waals surface area contributed by atoms with Gasteiger partial charge in [0, 0.05) is 12.7 Å². The normalized spacial score (nSPS) is 17.2. The van der Waals surface area contributed by atoms with Crippen molar-refractivity contribution in [3.8, 4) is 11.5 Å². The molecule has 160 valence electrons. The lowest BCUT2D eigenvalue weighted by molar-refractivity contribution is 0.116. The number of pyridine rings is 1. The van der Waals surface area contributed by atoms with Gasteiger partial charge in [-0.1, -0.05) is 12.1 Å². The Kier molecular flexibility index (Phi) is 4.85. The van der Waals surface area contributed by atoms with Crippen molar-refractivity contribution in [2.24, 2.45) is 0 Å². The fourth-order valence-corrected chi connectivity index (χ4v) is 4.11. The topological polar surface area (TPSA) is 82.0 Å². The molecule has 1 aliphatic heterocycles. The van der Waals surface area contributed by atoms with E-state index in [-0.39, 0.29) is 17.6 Å². The molecule has 10 heteroatoms. The number of para-hydroxylation sites is 2. The van der Waals surface area contributed by atoms with Gasteiger partial charge in [0.05, 0.1) is 34.9 Å². The van der Waals surface area contributed by atoms with Crippen LogP contribution in [0.15, 0.2) is 51.8 Å². The first-order valence-corrected chi connectivity index (χ1v) is 9.96. The second-order valence-corrected chi connectivity index (χ2v) is 7.72. The Labute approximate surface area is 175 Å². The molecule has 0 bridgehead atoms. The van der Waals surface area contributed by atoms with Crippen LogP contribution in [0.25, 0.3) is 22.5 Å². The minimum Gasteiger partial charge on any atom is -0.415 e. The van der Waals surface area contributed by atoms with Gasteiger partial charge in [-0.2, -0.15) is 8.78 Å². The minimum absolute atomic E-state index is 0.0199. The van der Waals surface area contributed by atoms with E-state index in [4.69, 9.17) is 4.42 Å². The molecule has 1 atom stereocenters. The summed E-state index contributed by atoms with van der Waals surface area (Å²) in [5.41, 5.74) is 2.80. The number of imidazole rings is 1. The van der Waals surface area contributed by atoms with E-state index in [0.717, 1.165) is 30.5 Å². The van der Waals surface area contributed by atoms with E-state index in [1.165, 1.54) is 6.20 Å². The number of benzene rings is 1. The monoisotopic (exact) mass is 426 g/mol. The highest BCUT2D eigenvalue weighted by Gasteiger charge is 2.26. The average molecular weight is 426 g/mol. The smallest absolute Gasteiger partial charge is 0.329 e. The van der Waals surface area contributed by atoms with E-state index in [1.54, 1.807) is 16.7 Å². The Morgan fingerprint density at radius 3 is 2.61 bits per heavy atom. The highest BCUT2D eigenvalue weighted by atomic mass is 19.3. The number of likely N-dealkylation sites (tertiary alicyclic amines) is 1. The third-order valence-electron chi connectivity index (χ3n) is 5.62. The molecule has 8 nitrogen and oxygen atoms in total. The molecule has 0 amide bonds. The number of hydrogen-bond acceptors (Lipinski definition) is 6. The molecule has 1 saturated heterocycles. The van der Waals surface area contributed by atoms with Crippen LogP contribution in [0, 0.1) is 0 Å². The lowest BCUT2D eigenvalue weighted by Crippen LogP contribution is -2.29. The number of fused-ring (bicyclic) bond motifs is 1. The summed E-state index contributed by atoms with van der Waals surface area (Å²) in [6.45, 7) is 2.09. The molecule has 0 aliphatic carbocycles. The number of likely N-dealkylation sites (N-methyl/N-ethyl adjacent to an activating group) is 1. The Morgan fingerprint density at radius 2 is 1.97 bits per heavy atom. The Balaban J connectivity index is 1.47. The first kappa shape index (κ1) is 19.6. The van der Waals surface area contributed by atoms with E-state index in [9.17, 15) is 13.6 Å². The maximum absolute atomic E-state index is 13.3. The SMILES string of the molecule is CN1CCC(n2c(=O)n(Cc3ccc(-c4nnc(C(F)F)o4)cn3)c3ccccc32)C1. The Morgan fingerprint density at radius 1 is 1.16 bits per heavy atom. The summed E-state index contributed by atoms with van der Waals surface area (Å²) in [6.07, 6.45) is -0.409. The fourth-order valence-electron chi connectivity index (χ4n) is 4.11. The van der Waals surface area contributed by atoms with E-state index in [2.05, 4.69) is 27.1 Å². The summed E-state index contributed by atoms with van der Waals surface area (Å²) in [5, 5.41) is 6.96. The second-order valence-electron chi connectivity index (χ2n) is 7.72. The molecule has 0 saturated carbocycles. The number of hydrogen-bond donors (Lipinski definition) is 0. The van der Waals surface area contributed by atoms with Crippen LogP contribution < -0.4 is 5.69 Å². The fraction of sp³-hybridized carbons (Fsp3) is 0.333. The quantitative estimate of drug-likeness (QED) is 0.488. The predicted molar refractivity (Wildman–Crippen MR) is 109 cm³/mol. The van der Waals surface area contributed by atoms with Crippen LogP contribution in [0.5, 0.6) is 0 Å². The van der Waals surface area contributed by atoms with Crippen LogP contribution in [-0.4, -0.2) is 49.4 Å². The molecule has 0 N–H and O–H groups in total. The van der Waals surface area contributed by atoms with Crippen molar-refractivity contribution in [3.63, 3.8) is 0 Å². The van der Waals surface area contributed by atoms with E-state index in [1.807, 2.05) is 28.8 Å². The molecule has 4 aromatic rings. The third kappa shape index (κ3) is 3.52. The third-order valence-corrected chi connectivity index (χ3v) is 5.62. The lowest BCUT2D eigenvalue weighted by atomic mass is 10.2. The lowest BCUT2D eigenvalue weighted by Gasteiger charge is -2.12. The Hall–Kier alpha value is -3.40. The number of nitrogens with zero attached hydrogens (tertiary/aromatic N) is 6. The van der Waals surface area contributed by atoms with Gasteiger partial charge in [0.1, 0.15) is 0 Å². The van der Waals surface area contributed by atoms with E-state index >= 15 is 0 Å². The van der Waals surface area contributed by atoms with Gasteiger partial charge in [0.25, 0.3) is 5.89 Å². The standard InChI is InChI=1S/C21H20F2N6O2/c1-27-9-8-15(12-27)29-17-5-3-2-4-16(17)28(21(29)30)11-14-7-6-13(10-24-14)19-25-26-20(31-19)18(22)23/h2-7,10,15,18H,8-9,11-12H2,1H3. The summed E-state index contributed by atoms with van der Waals surface area (Å²) in [5.74, 6) is -0.746. The van der Waals surface area contributed by atoms with Gasteiger partial charge in [0.2, 0.25) is 5.89 Å². The van der Waals surface area contributed by atoms with Gasteiger partial charge >= 0.3 is 12.1 Å². The van der Waals surface area contributed by atoms with Gasteiger partial charge < -0.3 is 9.32 Å². The molecule has 1 unspecified atom stereocenters. The van der Waals surface area contributed by atoms with Crippen molar-refractivity contribution >= 4 is 11.0 Å². The van der Waals surface area contributed by atoms with E-state index in [0.29, 0.717) is 17.8 Å². The van der Waals surface area contributed by atoms with Crippen LogP contribution in [0.3, 0.4) is 0 Å². The summed E-state index contributed by atoms with van der Waals surface area (Å²) in [6, 6.07) is 11.3. The van der Waals surface area contributed by atoms with Crippen molar-refractivity contribution < 1.29 is 13.2 Å². The molecular formula is C21H20F2N6O2. The molecule has 1 fully saturated rings. The zero-order chi connectivity index (χ0) is 21.5.